The second-order valence-electron chi connectivity index (χ2n) is 7.63. The summed E-state index contributed by atoms with van der Waals surface area (Å²) in [7, 11) is 0. The molecule has 0 fully saturated rings. The van der Waals surface area contributed by atoms with Crippen molar-refractivity contribution in [2.24, 2.45) is 0 Å². The van der Waals surface area contributed by atoms with Crippen LogP contribution < -0.4 is 14.8 Å². The predicted molar refractivity (Wildman–Crippen MR) is 129 cm³/mol. The lowest BCUT2D eigenvalue weighted by atomic mass is 10.00. The smallest absolute Gasteiger partial charge is 0.477 e. The Labute approximate surface area is 215 Å². The fourth-order valence-corrected chi connectivity index (χ4v) is 2.74. The highest BCUT2D eigenvalue weighted by molar-refractivity contribution is 5.85. The van der Waals surface area contributed by atoms with Crippen molar-refractivity contribution in [3.63, 3.8) is 0 Å². The van der Waals surface area contributed by atoms with Crippen LogP contribution in [0.15, 0.2) is 18.2 Å². The average molecular weight is 536 g/mol. The third-order valence-electron chi connectivity index (χ3n) is 4.40. The van der Waals surface area contributed by atoms with Gasteiger partial charge in [0.15, 0.2) is 11.5 Å². The summed E-state index contributed by atoms with van der Waals surface area (Å²) in [5.41, 5.74) is -1.96. The highest BCUT2D eigenvalue weighted by atomic mass is 35.5. The molecule has 0 heterocycles. The Morgan fingerprint density at radius 1 is 0.917 bits per heavy atom. The maximum absolute atomic E-state index is 12.3. The number of hydrogen-bond donors (Lipinski definition) is 2. The van der Waals surface area contributed by atoms with Gasteiger partial charge in [-0.15, -0.1) is 12.4 Å². The second-order valence-corrected chi connectivity index (χ2v) is 7.63. The summed E-state index contributed by atoms with van der Waals surface area (Å²) in [5, 5.41) is 12.9. The standard InChI is InChI=1S/C23H33NO11.ClH/c1-7-15(6)24-23(19(25)26,35-22(29)32-14(4)5)13-16-10-11-17(33-20(27)30-8-2)18(12-16)34-21(28)31-9-3;/h10-12,14-15,24H,7-9,13H2,1-6H3,(H,25,26);1H/t15?,23-;/m0./s1. The van der Waals surface area contributed by atoms with E-state index in [0.717, 1.165) is 0 Å². The van der Waals surface area contributed by atoms with Gasteiger partial charge >= 0.3 is 24.4 Å². The third kappa shape index (κ3) is 10.6. The predicted octanol–water partition coefficient (Wildman–Crippen LogP) is 4.45. The van der Waals surface area contributed by atoms with Gasteiger partial charge in [0, 0.05) is 12.5 Å². The van der Waals surface area contributed by atoms with Crippen LogP contribution in [0.5, 0.6) is 11.5 Å². The Morgan fingerprint density at radius 3 is 1.94 bits per heavy atom. The number of nitrogens with one attached hydrogen (secondary N) is 1. The molecule has 13 heteroatoms. The first kappa shape index (κ1) is 32.8. The Morgan fingerprint density at radius 2 is 1.47 bits per heavy atom. The van der Waals surface area contributed by atoms with Crippen molar-refractivity contribution in [1.29, 1.82) is 0 Å². The van der Waals surface area contributed by atoms with Gasteiger partial charge in [0.2, 0.25) is 0 Å². The molecule has 0 aliphatic rings. The van der Waals surface area contributed by atoms with Crippen LogP contribution in [0.4, 0.5) is 14.4 Å². The average Bonchev–Trinajstić information content (AvgIpc) is 2.74. The summed E-state index contributed by atoms with van der Waals surface area (Å²) in [4.78, 5) is 48.3. The number of carboxylic acid groups (broad SMARTS) is 1. The highest BCUT2D eigenvalue weighted by Crippen LogP contribution is 2.31. The van der Waals surface area contributed by atoms with E-state index in [0.29, 0.717) is 6.42 Å². The fourth-order valence-electron chi connectivity index (χ4n) is 2.74. The molecule has 0 amide bonds. The molecule has 0 spiro atoms. The zero-order valence-electron chi connectivity index (χ0n) is 21.2. The van der Waals surface area contributed by atoms with Crippen LogP contribution >= 0.6 is 12.4 Å². The summed E-state index contributed by atoms with van der Waals surface area (Å²) < 4.78 is 29.9. The quantitative estimate of drug-likeness (QED) is 0.168. The van der Waals surface area contributed by atoms with E-state index in [1.165, 1.54) is 18.2 Å². The SMILES string of the molecule is CCOC(=O)Oc1ccc(C[C@](NC(C)CC)(OC(=O)OC(C)C)C(=O)O)cc1OC(=O)OCC.Cl. The minimum absolute atomic E-state index is 0. The molecule has 36 heavy (non-hydrogen) atoms. The summed E-state index contributed by atoms with van der Waals surface area (Å²) in [6.45, 7) is 9.96. The Hall–Kier alpha value is -3.25. The number of rotatable bonds is 12. The number of carboxylic acids is 1. The minimum atomic E-state index is -2.22. The first-order valence-electron chi connectivity index (χ1n) is 11.2. The topological polar surface area (TPSA) is 156 Å². The van der Waals surface area contributed by atoms with E-state index in [1.54, 1.807) is 34.6 Å². The molecule has 12 nitrogen and oxygen atoms in total. The van der Waals surface area contributed by atoms with Crippen molar-refractivity contribution in [2.75, 3.05) is 13.2 Å². The molecule has 2 N–H and O–H groups in total. The van der Waals surface area contributed by atoms with E-state index in [9.17, 15) is 24.3 Å². The molecule has 0 aliphatic heterocycles. The van der Waals surface area contributed by atoms with Gasteiger partial charge in [-0.3, -0.25) is 5.32 Å². The van der Waals surface area contributed by atoms with Crippen LogP contribution in [0.2, 0.25) is 0 Å². The molecule has 1 unspecified atom stereocenters. The van der Waals surface area contributed by atoms with Crippen molar-refractivity contribution in [1.82, 2.24) is 5.32 Å². The lowest BCUT2D eigenvalue weighted by Crippen LogP contribution is -2.59. The summed E-state index contributed by atoms with van der Waals surface area (Å²) in [6, 6.07) is 3.60. The first-order chi connectivity index (χ1) is 16.5. The van der Waals surface area contributed by atoms with Gasteiger partial charge in [-0.2, -0.15) is 0 Å². The Bertz CT molecular complexity index is 893. The van der Waals surface area contributed by atoms with Crippen molar-refractivity contribution in [2.45, 2.75) is 72.3 Å². The highest BCUT2D eigenvalue weighted by Gasteiger charge is 2.45. The van der Waals surface area contributed by atoms with E-state index in [2.05, 4.69) is 5.32 Å². The Kier molecular flexibility index (Phi) is 14.3. The van der Waals surface area contributed by atoms with Crippen molar-refractivity contribution < 1.29 is 52.7 Å². The molecular formula is C23H34ClNO11. The molecule has 204 valence electrons. The van der Waals surface area contributed by atoms with Gasteiger partial charge in [0.05, 0.1) is 19.3 Å². The molecule has 0 bridgehead atoms. The zero-order chi connectivity index (χ0) is 26.6. The normalized spacial score (nSPS) is 12.9. The van der Waals surface area contributed by atoms with E-state index in [1.807, 2.05) is 6.92 Å². The molecule has 0 aromatic heterocycles. The number of halogens is 1. The van der Waals surface area contributed by atoms with Crippen LogP contribution in [0.25, 0.3) is 0 Å². The molecule has 2 atom stereocenters. The third-order valence-corrected chi connectivity index (χ3v) is 4.40. The second kappa shape index (κ2) is 15.7. The van der Waals surface area contributed by atoms with Crippen molar-refractivity contribution in [3.8, 4) is 11.5 Å². The minimum Gasteiger partial charge on any atom is -0.477 e. The number of hydrogen-bond acceptors (Lipinski definition) is 11. The summed E-state index contributed by atoms with van der Waals surface area (Å²) in [6.07, 6.45) is -3.69. The lowest BCUT2D eigenvalue weighted by Gasteiger charge is -2.32. The lowest BCUT2D eigenvalue weighted by molar-refractivity contribution is -0.167. The number of carbonyl (C=O) groups excluding carboxylic acids is 3. The van der Waals surface area contributed by atoms with Crippen LogP contribution in [0.3, 0.4) is 0 Å². The number of ether oxygens (including phenoxy) is 6. The van der Waals surface area contributed by atoms with Gasteiger partial charge < -0.3 is 33.5 Å². The van der Waals surface area contributed by atoms with E-state index < -0.39 is 42.7 Å². The molecule has 0 saturated carbocycles. The summed E-state index contributed by atoms with van der Waals surface area (Å²) in [5.74, 6) is -1.88. The molecule has 0 aliphatic carbocycles. The molecule has 0 saturated heterocycles. The number of carbonyl (C=O) groups is 4. The van der Waals surface area contributed by atoms with Crippen LogP contribution in [-0.4, -0.2) is 60.6 Å². The molecule has 1 aromatic rings. The zero-order valence-corrected chi connectivity index (χ0v) is 22.0. The molecule has 1 aromatic carbocycles. The molecular weight excluding hydrogens is 502 g/mol. The maximum atomic E-state index is 12.3. The number of benzene rings is 1. The van der Waals surface area contributed by atoms with Gasteiger partial charge in [-0.05, 0) is 58.7 Å². The number of aliphatic carboxylic acids is 1. The van der Waals surface area contributed by atoms with E-state index >= 15 is 0 Å². The summed E-state index contributed by atoms with van der Waals surface area (Å²) >= 11 is 0. The molecule has 1 rings (SSSR count). The maximum Gasteiger partial charge on any atom is 0.513 e. The first-order valence-corrected chi connectivity index (χ1v) is 11.2. The Balaban J connectivity index is 0.0000122. The van der Waals surface area contributed by atoms with Crippen molar-refractivity contribution >= 4 is 36.8 Å². The van der Waals surface area contributed by atoms with Gasteiger partial charge in [0.25, 0.3) is 5.72 Å². The largest absolute Gasteiger partial charge is 0.513 e. The van der Waals surface area contributed by atoms with Gasteiger partial charge in [-0.1, -0.05) is 13.0 Å². The van der Waals surface area contributed by atoms with Crippen LogP contribution in [0, 0.1) is 0 Å². The van der Waals surface area contributed by atoms with Crippen molar-refractivity contribution in [3.05, 3.63) is 23.8 Å². The van der Waals surface area contributed by atoms with Gasteiger partial charge in [-0.25, -0.2) is 19.2 Å². The van der Waals surface area contributed by atoms with Crippen LogP contribution in [0.1, 0.15) is 53.5 Å². The molecule has 0 radical (unpaired) electrons. The van der Waals surface area contributed by atoms with E-state index in [-0.39, 0.29) is 48.7 Å². The monoisotopic (exact) mass is 535 g/mol. The van der Waals surface area contributed by atoms with Crippen LogP contribution in [-0.2, 0) is 30.2 Å². The van der Waals surface area contributed by atoms with E-state index in [4.69, 9.17) is 28.4 Å². The van der Waals surface area contributed by atoms with Gasteiger partial charge in [0.1, 0.15) is 0 Å². The fraction of sp³-hybridized carbons (Fsp3) is 0.565.